The van der Waals surface area contributed by atoms with Crippen LogP contribution in [0, 0.1) is 0 Å². The Hall–Kier alpha value is -2.07. The van der Waals surface area contributed by atoms with Crippen LogP contribution in [0.25, 0.3) is 6.08 Å². The largest absolute Gasteiger partial charge is 0.323 e. The van der Waals surface area contributed by atoms with Gasteiger partial charge in [-0.2, -0.15) is 5.10 Å². The van der Waals surface area contributed by atoms with E-state index in [0.717, 1.165) is 5.56 Å². The summed E-state index contributed by atoms with van der Waals surface area (Å²) >= 11 is 5.76. The van der Waals surface area contributed by atoms with E-state index in [2.05, 4.69) is 10.4 Å². The first-order valence-corrected chi connectivity index (χ1v) is 5.74. The molecule has 0 aliphatic rings. The highest BCUT2D eigenvalue weighted by Crippen LogP contribution is 2.13. The summed E-state index contributed by atoms with van der Waals surface area (Å²) in [5.74, 6) is -0.193. The molecule has 0 fully saturated rings. The summed E-state index contributed by atoms with van der Waals surface area (Å²) < 4.78 is 1.68. The zero-order valence-corrected chi connectivity index (χ0v) is 10.6. The fraction of sp³-hybridized carbons (Fsp3) is 0.0769. The molecular weight excluding hydrogens is 250 g/mol. The highest BCUT2D eigenvalue weighted by Gasteiger charge is 1.98. The summed E-state index contributed by atoms with van der Waals surface area (Å²) in [4.78, 5) is 11.6. The molecule has 0 saturated carbocycles. The summed E-state index contributed by atoms with van der Waals surface area (Å²) in [6.45, 7) is 0. The van der Waals surface area contributed by atoms with E-state index in [0.29, 0.717) is 10.7 Å². The van der Waals surface area contributed by atoms with Crippen molar-refractivity contribution in [2.45, 2.75) is 0 Å². The molecule has 5 heteroatoms. The number of aryl methyl sites for hydroxylation is 1. The molecule has 1 N–H and O–H groups in total. The Bertz CT molecular complexity index is 572. The van der Waals surface area contributed by atoms with Crippen molar-refractivity contribution >= 4 is 29.3 Å². The Morgan fingerprint density at radius 2 is 2.11 bits per heavy atom. The second-order valence-electron chi connectivity index (χ2n) is 3.78. The summed E-state index contributed by atoms with van der Waals surface area (Å²) in [6, 6.07) is 6.94. The Morgan fingerprint density at radius 3 is 2.72 bits per heavy atom. The number of aromatic nitrogens is 2. The molecular formula is C13H12ClN3O. The maximum Gasteiger partial charge on any atom is 0.248 e. The normalized spacial score (nSPS) is 10.8. The van der Waals surface area contributed by atoms with Crippen LogP contribution in [-0.2, 0) is 11.8 Å². The van der Waals surface area contributed by atoms with Gasteiger partial charge in [0.1, 0.15) is 0 Å². The van der Waals surface area contributed by atoms with E-state index in [4.69, 9.17) is 11.6 Å². The number of carbonyl (C=O) groups is 1. The standard InChI is InChI=1S/C13H12ClN3O/c1-17-9-10(8-15-17)2-7-13(18)16-12-5-3-11(14)4-6-12/h2-9H,1H3,(H,16,18)/b7-2+. The highest BCUT2D eigenvalue weighted by atomic mass is 35.5. The van der Waals surface area contributed by atoms with E-state index in [9.17, 15) is 4.79 Å². The van der Waals surface area contributed by atoms with Crippen molar-refractivity contribution in [1.82, 2.24) is 9.78 Å². The molecule has 1 aromatic carbocycles. The highest BCUT2D eigenvalue weighted by molar-refractivity contribution is 6.30. The molecule has 0 saturated heterocycles. The van der Waals surface area contributed by atoms with Crippen molar-refractivity contribution in [1.29, 1.82) is 0 Å². The van der Waals surface area contributed by atoms with Gasteiger partial charge >= 0.3 is 0 Å². The van der Waals surface area contributed by atoms with Crippen molar-refractivity contribution in [3.63, 3.8) is 0 Å². The van der Waals surface area contributed by atoms with Gasteiger partial charge in [0.2, 0.25) is 5.91 Å². The first kappa shape index (κ1) is 12.4. The zero-order valence-electron chi connectivity index (χ0n) is 9.80. The summed E-state index contributed by atoms with van der Waals surface area (Å²) in [5, 5.41) is 7.38. The topological polar surface area (TPSA) is 46.9 Å². The first-order valence-electron chi connectivity index (χ1n) is 5.37. The van der Waals surface area contributed by atoms with Gasteiger partial charge in [-0.3, -0.25) is 9.48 Å². The molecule has 0 spiro atoms. The number of nitrogens with one attached hydrogen (secondary N) is 1. The molecule has 1 aromatic heterocycles. The molecule has 1 heterocycles. The second kappa shape index (κ2) is 5.51. The maximum absolute atomic E-state index is 11.6. The van der Waals surface area contributed by atoms with Crippen molar-refractivity contribution in [3.05, 3.63) is 53.3 Å². The van der Waals surface area contributed by atoms with Crippen LogP contribution in [-0.4, -0.2) is 15.7 Å². The van der Waals surface area contributed by atoms with E-state index in [1.165, 1.54) is 6.08 Å². The Morgan fingerprint density at radius 1 is 1.39 bits per heavy atom. The van der Waals surface area contributed by atoms with Gasteiger partial charge in [0.25, 0.3) is 0 Å². The summed E-state index contributed by atoms with van der Waals surface area (Å²) in [7, 11) is 1.82. The minimum Gasteiger partial charge on any atom is -0.323 e. The number of rotatable bonds is 3. The fourth-order valence-corrected chi connectivity index (χ4v) is 1.54. The average Bonchev–Trinajstić information content (AvgIpc) is 2.76. The van der Waals surface area contributed by atoms with Crippen LogP contribution in [0.2, 0.25) is 5.02 Å². The van der Waals surface area contributed by atoms with Gasteiger partial charge in [0.15, 0.2) is 0 Å². The molecule has 0 radical (unpaired) electrons. The number of amides is 1. The maximum atomic E-state index is 11.6. The van der Waals surface area contributed by atoms with E-state index < -0.39 is 0 Å². The number of nitrogens with zero attached hydrogens (tertiary/aromatic N) is 2. The quantitative estimate of drug-likeness (QED) is 0.864. The molecule has 18 heavy (non-hydrogen) atoms. The lowest BCUT2D eigenvalue weighted by Gasteiger charge is -2.01. The van der Waals surface area contributed by atoms with Crippen molar-refractivity contribution in [2.24, 2.45) is 7.05 Å². The van der Waals surface area contributed by atoms with Crippen molar-refractivity contribution < 1.29 is 4.79 Å². The van der Waals surface area contributed by atoms with Crippen LogP contribution in [0.3, 0.4) is 0 Å². The Labute approximate surface area is 110 Å². The molecule has 0 bridgehead atoms. The fourth-order valence-electron chi connectivity index (χ4n) is 1.42. The molecule has 0 aliphatic heterocycles. The molecule has 1 amide bonds. The van der Waals surface area contributed by atoms with E-state index in [1.807, 2.05) is 13.2 Å². The third-order valence-electron chi connectivity index (χ3n) is 2.26. The van der Waals surface area contributed by atoms with Gasteiger partial charge in [0, 0.05) is 35.6 Å². The molecule has 0 aliphatic carbocycles. The van der Waals surface area contributed by atoms with Crippen LogP contribution < -0.4 is 5.32 Å². The van der Waals surface area contributed by atoms with Crippen LogP contribution in [0.5, 0.6) is 0 Å². The van der Waals surface area contributed by atoms with Gasteiger partial charge in [0.05, 0.1) is 6.20 Å². The molecule has 0 unspecified atom stereocenters. The number of hydrogen-bond acceptors (Lipinski definition) is 2. The van der Waals surface area contributed by atoms with Crippen molar-refractivity contribution in [3.8, 4) is 0 Å². The van der Waals surface area contributed by atoms with Gasteiger partial charge in [-0.1, -0.05) is 11.6 Å². The van der Waals surface area contributed by atoms with E-state index in [1.54, 1.807) is 41.2 Å². The average molecular weight is 262 g/mol. The van der Waals surface area contributed by atoms with Gasteiger partial charge in [-0.25, -0.2) is 0 Å². The lowest BCUT2D eigenvalue weighted by Crippen LogP contribution is -2.07. The summed E-state index contributed by atoms with van der Waals surface area (Å²) in [6.07, 6.45) is 6.68. The zero-order chi connectivity index (χ0) is 13.0. The molecule has 0 atom stereocenters. The summed E-state index contributed by atoms with van der Waals surface area (Å²) in [5.41, 5.74) is 1.59. The minimum atomic E-state index is -0.193. The smallest absolute Gasteiger partial charge is 0.248 e. The first-order chi connectivity index (χ1) is 8.63. The molecule has 2 aromatic rings. The number of halogens is 1. The Balaban J connectivity index is 1.96. The van der Waals surface area contributed by atoms with Gasteiger partial charge < -0.3 is 5.32 Å². The number of carbonyl (C=O) groups excluding carboxylic acids is 1. The van der Waals surface area contributed by atoms with E-state index in [-0.39, 0.29) is 5.91 Å². The molecule has 4 nitrogen and oxygen atoms in total. The van der Waals surface area contributed by atoms with Crippen molar-refractivity contribution in [2.75, 3.05) is 5.32 Å². The number of hydrogen-bond donors (Lipinski definition) is 1. The van der Waals surface area contributed by atoms with Crippen LogP contribution in [0.1, 0.15) is 5.56 Å². The molecule has 92 valence electrons. The van der Waals surface area contributed by atoms with Crippen LogP contribution in [0.4, 0.5) is 5.69 Å². The lowest BCUT2D eigenvalue weighted by molar-refractivity contribution is -0.111. The minimum absolute atomic E-state index is 0.193. The van der Waals surface area contributed by atoms with Gasteiger partial charge in [-0.15, -0.1) is 0 Å². The predicted octanol–water partition coefficient (Wildman–Crippen LogP) is 2.73. The van der Waals surface area contributed by atoms with Crippen LogP contribution >= 0.6 is 11.6 Å². The Kier molecular flexibility index (Phi) is 3.79. The third kappa shape index (κ3) is 3.46. The van der Waals surface area contributed by atoms with Crippen LogP contribution in [0.15, 0.2) is 42.7 Å². The monoisotopic (exact) mass is 261 g/mol. The SMILES string of the molecule is Cn1cc(/C=C/C(=O)Nc2ccc(Cl)cc2)cn1. The predicted molar refractivity (Wildman–Crippen MR) is 72.3 cm³/mol. The number of anilines is 1. The molecule has 2 rings (SSSR count). The third-order valence-corrected chi connectivity index (χ3v) is 2.52. The second-order valence-corrected chi connectivity index (χ2v) is 4.21. The lowest BCUT2D eigenvalue weighted by atomic mass is 10.3. The van der Waals surface area contributed by atoms with Gasteiger partial charge in [-0.05, 0) is 30.3 Å². The van der Waals surface area contributed by atoms with E-state index >= 15 is 0 Å². The number of benzene rings is 1.